The lowest BCUT2D eigenvalue weighted by atomic mass is 10.3. The number of halogens is 1. The minimum atomic E-state index is -3.87. The molecule has 1 aromatic heterocycles. The highest BCUT2D eigenvalue weighted by Crippen LogP contribution is 2.21. The number of rotatable bonds is 4. The maximum absolute atomic E-state index is 12.0. The van der Waals surface area contributed by atoms with Gasteiger partial charge in [-0.25, -0.2) is 4.98 Å². The molecule has 1 aromatic carbocycles. The Morgan fingerprint density at radius 3 is 2.50 bits per heavy atom. The van der Waals surface area contributed by atoms with Gasteiger partial charge in [-0.2, -0.15) is 8.42 Å². The number of hydrogen-bond donors (Lipinski definition) is 0. The maximum Gasteiger partial charge on any atom is 0.340 e. The Morgan fingerprint density at radius 2 is 1.83 bits per heavy atom. The first-order valence-electron chi connectivity index (χ1n) is 5.13. The molecule has 0 aliphatic rings. The molecule has 0 N–H and O–H groups in total. The largest absolute Gasteiger partial charge is 0.358 e. The van der Waals surface area contributed by atoms with Gasteiger partial charge < -0.3 is 4.18 Å². The SMILES string of the molecule is O=S(=O)(Oc1ncccc1CCl)c1ccccc1. The molecular weight excluding hydrogens is 274 g/mol. The smallest absolute Gasteiger partial charge is 0.340 e. The Morgan fingerprint density at radius 1 is 1.11 bits per heavy atom. The van der Waals surface area contributed by atoms with Crippen LogP contribution in [0.5, 0.6) is 5.88 Å². The molecule has 94 valence electrons. The van der Waals surface area contributed by atoms with Crippen LogP contribution in [0.15, 0.2) is 53.6 Å². The minimum absolute atomic E-state index is 0.0105. The fourth-order valence-electron chi connectivity index (χ4n) is 1.34. The molecule has 0 spiro atoms. The number of benzene rings is 1. The van der Waals surface area contributed by atoms with E-state index in [0.717, 1.165) is 0 Å². The van der Waals surface area contributed by atoms with Gasteiger partial charge in [-0.1, -0.05) is 24.3 Å². The summed E-state index contributed by atoms with van der Waals surface area (Å²) in [4.78, 5) is 3.95. The van der Waals surface area contributed by atoms with E-state index in [1.165, 1.54) is 18.3 Å². The standard InChI is InChI=1S/C12H10ClNO3S/c13-9-10-5-4-8-14-12(10)17-18(15,16)11-6-2-1-3-7-11/h1-8H,9H2. The third-order valence-corrected chi connectivity index (χ3v) is 3.73. The predicted molar refractivity (Wildman–Crippen MR) is 68.0 cm³/mol. The first-order valence-corrected chi connectivity index (χ1v) is 7.07. The van der Waals surface area contributed by atoms with Crippen molar-refractivity contribution < 1.29 is 12.6 Å². The molecule has 2 aromatic rings. The fraction of sp³-hybridized carbons (Fsp3) is 0.0833. The maximum atomic E-state index is 12.0. The monoisotopic (exact) mass is 283 g/mol. The molecule has 0 fully saturated rings. The van der Waals surface area contributed by atoms with Gasteiger partial charge in [0.1, 0.15) is 4.90 Å². The summed E-state index contributed by atoms with van der Waals surface area (Å²) in [6.07, 6.45) is 1.45. The molecule has 18 heavy (non-hydrogen) atoms. The van der Waals surface area contributed by atoms with Crippen LogP contribution < -0.4 is 4.18 Å². The molecule has 0 saturated heterocycles. The first-order chi connectivity index (χ1) is 8.63. The van der Waals surface area contributed by atoms with Gasteiger partial charge in [0.2, 0.25) is 5.88 Å². The zero-order valence-electron chi connectivity index (χ0n) is 9.28. The van der Waals surface area contributed by atoms with Crippen LogP contribution in [0, 0.1) is 0 Å². The molecule has 0 amide bonds. The Bertz CT molecular complexity index is 629. The fourth-order valence-corrected chi connectivity index (χ4v) is 2.49. The summed E-state index contributed by atoms with van der Waals surface area (Å²) in [5, 5.41) is 0. The number of nitrogens with zero attached hydrogens (tertiary/aromatic N) is 1. The molecule has 0 aliphatic carbocycles. The summed E-state index contributed by atoms with van der Waals surface area (Å²) in [5.74, 6) is 0.143. The second-order valence-corrected chi connectivity index (χ2v) is 5.27. The van der Waals surface area contributed by atoms with Crippen molar-refractivity contribution in [3.8, 4) is 5.88 Å². The zero-order chi connectivity index (χ0) is 13.0. The van der Waals surface area contributed by atoms with Gasteiger partial charge in [-0.3, -0.25) is 0 Å². The highest BCUT2D eigenvalue weighted by Gasteiger charge is 2.18. The number of pyridine rings is 1. The van der Waals surface area contributed by atoms with Gasteiger partial charge >= 0.3 is 10.1 Å². The topological polar surface area (TPSA) is 56.3 Å². The summed E-state index contributed by atoms with van der Waals surface area (Å²) < 4.78 is 28.9. The number of alkyl halides is 1. The average Bonchev–Trinajstić information content (AvgIpc) is 2.40. The van der Waals surface area contributed by atoms with Crippen LogP contribution >= 0.6 is 11.6 Å². The second-order valence-electron chi connectivity index (χ2n) is 3.45. The molecule has 1 heterocycles. The van der Waals surface area contributed by atoms with E-state index in [9.17, 15) is 8.42 Å². The van der Waals surface area contributed by atoms with E-state index in [2.05, 4.69) is 4.98 Å². The van der Waals surface area contributed by atoms with Crippen LogP contribution in [-0.4, -0.2) is 13.4 Å². The van der Waals surface area contributed by atoms with Crippen molar-refractivity contribution in [3.63, 3.8) is 0 Å². The molecule has 0 saturated carbocycles. The Kier molecular flexibility index (Phi) is 3.84. The second kappa shape index (κ2) is 5.37. The van der Waals surface area contributed by atoms with Crippen molar-refractivity contribution in [1.82, 2.24) is 4.98 Å². The molecule has 0 atom stereocenters. The summed E-state index contributed by atoms with van der Waals surface area (Å²) >= 11 is 5.69. The van der Waals surface area contributed by atoms with Crippen LogP contribution in [0.4, 0.5) is 0 Å². The van der Waals surface area contributed by atoms with E-state index in [-0.39, 0.29) is 16.7 Å². The normalized spacial score (nSPS) is 11.2. The Labute approximate surface area is 110 Å². The third kappa shape index (κ3) is 2.80. The summed E-state index contributed by atoms with van der Waals surface area (Å²) in [7, 11) is -3.87. The quantitative estimate of drug-likeness (QED) is 0.639. The van der Waals surface area contributed by atoms with Crippen molar-refractivity contribution in [2.75, 3.05) is 0 Å². The predicted octanol–water partition coefficient (Wildman–Crippen LogP) is 2.59. The van der Waals surface area contributed by atoms with E-state index < -0.39 is 10.1 Å². The van der Waals surface area contributed by atoms with Crippen LogP contribution in [0.1, 0.15) is 5.56 Å². The number of hydrogen-bond acceptors (Lipinski definition) is 4. The molecule has 0 bridgehead atoms. The van der Waals surface area contributed by atoms with Crippen molar-refractivity contribution in [3.05, 3.63) is 54.2 Å². The van der Waals surface area contributed by atoms with Crippen molar-refractivity contribution in [2.24, 2.45) is 0 Å². The lowest BCUT2D eigenvalue weighted by molar-refractivity contribution is 0.473. The highest BCUT2D eigenvalue weighted by atomic mass is 35.5. The zero-order valence-corrected chi connectivity index (χ0v) is 10.9. The van der Waals surface area contributed by atoms with Crippen LogP contribution in [0.2, 0.25) is 0 Å². The molecular formula is C12H10ClNO3S. The number of aromatic nitrogens is 1. The van der Waals surface area contributed by atoms with Gasteiger partial charge in [0.25, 0.3) is 0 Å². The van der Waals surface area contributed by atoms with E-state index in [1.807, 2.05) is 0 Å². The molecule has 2 rings (SSSR count). The van der Waals surface area contributed by atoms with E-state index in [0.29, 0.717) is 5.56 Å². The van der Waals surface area contributed by atoms with Crippen LogP contribution in [0.25, 0.3) is 0 Å². The summed E-state index contributed by atoms with van der Waals surface area (Å²) in [6.45, 7) is 0. The molecule has 6 heteroatoms. The highest BCUT2D eigenvalue weighted by molar-refractivity contribution is 7.87. The summed E-state index contributed by atoms with van der Waals surface area (Å²) in [6, 6.07) is 11.2. The van der Waals surface area contributed by atoms with Crippen molar-refractivity contribution in [2.45, 2.75) is 10.8 Å². The van der Waals surface area contributed by atoms with E-state index in [1.54, 1.807) is 30.3 Å². The molecule has 0 unspecified atom stereocenters. The Hall–Kier alpha value is -1.59. The van der Waals surface area contributed by atoms with Gasteiger partial charge in [0, 0.05) is 11.8 Å². The van der Waals surface area contributed by atoms with Crippen LogP contribution in [0.3, 0.4) is 0 Å². The third-order valence-electron chi connectivity index (χ3n) is 2.21. The lowest BCUT2D eigenvalue weighted by Crippen LogP contribution is -2.11. The van der Waals surface area contributed by atoms with E-state index in [4.69, 9.17) is 15.8 Å². The first kappa shape index (κ1) is 12.9. The van der Waals surface area contributed by atoms with Gasteiger partial charge in [-0.15, -0.1) is 11.6 Å². The Balaban J connectivity index is 2.34. The molecule has 0 radical (unpaired) electrons. The summed E-state index contributed by atoms with van der Waals surface area (Å²) in [5.41, 5.74) is 0.527. The van der Waals surface area contributed by atoms with Gasteiger partial charge in [-0.05, 0) is 18.2 Å². The van der Waals surface area contributed by atoms with E-state index >= 15 is 0 Å². The van der Waals surface area contributed by atoms with Crippen molar-refractivity contribution in [1.29, 1.82) is 0 Å². The van der Waals surface area contributed by atoms with Crippen LogP contribution in [-0.2, 0) is 16.0 Å². The average molecular weight is 284 g/mol. The lowest BCUT2D eigenvalue weighted by Gasteiger charge is -2.08. The minimum Gasteiger partial charge on any atom is -0.358 e. The van der Waals surface area contributed by atoms with Gasteiger partial charge in [0.05, 0.1) is 5.88 Å². The molecule has 4 nitrogen and oxygen atoms in total. The molecule has 0 aliphatic heterocycles. The van der Waals surface area contributed by atoms with Crippen molar-refractivity contribution >= 4 is 21.7 Å². The van der Waals surface area contributed by atoms with Gasteiger partial charge in [0.15, 0.2) is 0 Å².